The topological polar surface area (TPSA) is 66.0 Å². The maximum absolute atomic E-state index is 14.1. The molecule has 166 valence electrons. The zero-order valence-electron chi connectivity index (χ0n) is 18.6. The first-order chi connectivity index (χ1) is 14.1. The Kier molecular flexibility index (Phi) is 9.03. The van der Waals surface area contributed by atoms with E-state index in [9.17, 15) is 4.57 Å². The predicted molar refractivity (Wildman–Crippen MR) is 130 cm³/mol. The molecule has 0 saturated heterocycles. The standard InChI is InChI=1S/C22H31INO5P/c1-14(2)28-30(25,29-15(3)4)22(24-20-11-8-17(23)12-16(20)5)19-10-9-18(26-6)13-21(19)27-7/h8-15,22,24H,1-7H3. The molecule has 8 heteroatoms. The molecule has 0 amide bonds. The van der Waals surface area contributed by atoms with E-state index in [2.05, 4.69) is 34.0 Å². The summed E-state index contributed by atoms with van der Waals surface area (Å²) in [5.74, 6) is 0.404. The second-order valence-electron chi connectivity index (χ2n) is 7.46. The van der Waals surface area contributed by atoms with Crippen LogP contribution in [0.4, 0.5) is 5.69 Å². The maximum Gasteiger partial charge on any atom is 0.357 e. The fraction of sp³-hybridized carbons (Fsp3) is 0.455. The number of rotatable bonds is 10. The van der Waals surface area contributed by atoms with Crippen molar-refractivity contribution in [1.29, 1.82) is 0 Å². The van der Waals surface area contributed by atoms with Crippen molar-refractivity contribution in [2.45, 2.75) is 52.6 Å². The van der Waals surface area contributed by atoms with Crippen LogP contribution in [0.3, 0.4) is 0 Å². The second-order valence-corrected chi connectivity index (χ2v) is 10.7. The number of methoxy groups -OCH3 is 2. The molecular weight excluding hydrogens is 516 g/mol. The first-order valence-electron chi connectivity index (χ1n) is 9.80. The van der Waals surface area contributed by atoms with E-state index < -0.39 is 13.4 Å². The molecule has 0 aliphatic carbocycles. The van der Waals surface area contributed by atoms with Crippen molar-refractivity contribution in [3.05, 3.63) is 51.1 Å². The summed E-state index contributed by atoms with van der Waals surface area (Å²) in [6.45, 7) is 9.37. The van der Waals surface area contributed by atoms with Crippen molar-refractivity contribution < 1.29 is 23.1 Å². The molecule has 0 radical (unpaired) electrons. The van der Waals surface area contributed by atoms with Gasteiger partial charge in [0.2, 0.25) is 0 Å². The number of aryl methyl sites for hydroxylation is 1. The van der Waals surface area contributed by atoms with Gasteiger partial charge in [-0.3, -0.25) is 4.57 Å². The van der Waals surface area contributed by atoms with Gasteiger partial charge in [-0.25, -0.2) is 0 Å². The Morgan fingerprint density at radius 3 is 2.07 bits per heavy atom. The third-order valence-corrected chi connectivity index (χ3v) is 7.39. The number of anilines is 1. The largest absolute Gasteiger partial charge is 0.497 e. The molecule has 0 spiro atoms. The maximum atomic E-state index is 14.1. The Hall–Kier alpha value is -1.28. The average Bonchev–Trinajstić information content (AvgIpc) is 2.65. The molecule has 2 rings (SSSR count). The smallest absolute Gasteiger partial charge is 0.357 e. The van der Waals surface area contributed by atoms with Gasteiger partial charge in [-0.15, -0.1) is 0 Å². The van der Waals surface area contributed by atoms with Gasteiger partial charge in [0.1, 0.15) is 11.5 Å². The SMILES string of the molecule is COc1ccc(C(Nc2ccc(I)cc2C)P(=O)(OC(C)C)OC(C)C)c(OC)c1. The highest BCUT2D eigenvalue weighted by Crippen LogP contribution is 2.63. The lowest BCUT2D eigenvalue weighted by molar-refractivity contribution is 0.137. The molecule has 2 aromatic rings. The van der Waals surface area contributed by atoms with Gasteiger partial charge in [-0.2, -0.15) is 0 Å². The van der Waals surface area contributed by atoms with Crippen LogP contribution >= 0.6 is 30.2 Å². The molecule has 1 N–H and O–H groups in total. The molecule has 0 saturated carbocycles. The van der Waals surface area contributed by atoms with Crippen molar-refractivity contribution in [2.24, 2.45) is 0 Å². The second kappa shape index (κ2) is 10.8. The minimum absolute atomic E-state index is 0.291. The summed E-state index contributed by atoms with van der Waals surface area (Å²) in [6, 6.07) is 11.4. The first kappa shape index (κ1) is 25.0. The lowest BCUT2D eigenvalue weighted by atomic mass is 10.1. The quantitative estimate of drug-likeness (QED) is 0.262. The van der Waals surface area contributed by atoms with Crippen LogP contribution in [-0.4, -0.2) is 26.4 Å². The summed E-state index contributed by atoms with van der Waals surface area (Å²) in [4.78, 5) is 0. The molecule has 0 aliphatic rings. The predicted octanol–water partition coefficient (Wildman–Crippen LogP) is 6.77. The van der Waals surface area contributed by atoms with Gasteiger partial charge in [0, 0.05) is 20.9 Å². The Balaban J connectivity index is 2.65. The fourth-order valence-corrected chi connectivity index (χ4v) is 6.01. The normalized spacial score (nSPS) is 12.9. The number of benzene rings is 2. The van der Waals surface area contributed by atoms with Crippen LogP contribution in [0.5, 0.6) is 11.5 Å². The highest BCUT2D eigenvalue weighted by molar-refractivity contribution is 14.1. The Morgan fingerprint density at radius 1 is 0.933 bits per heavy atom. The van der Waals surface area contributed by atoms with E-state index in [0.29, 0.717) is 17.1 Å². The summed E-state index contributed by atoms with van der Waals surface area (Å²) in [6.07, 6.45) is -0.582. The Labute approximate surface area is 193 Å². The van der Waals surface area contributed by atoms with Gasteiger partial charge >= 0.3 is 7.60 Å². The molecule has 0 aromatic heterocycles. The minimum Gasteiger partial charge on any atom is -0.497 e. The third-order valence-electron chi connectivity index (χ3n) is 4.25. The average molecular weight is 547 g/mol. The highest BCUT2D eigenvalue weighted by Gasteiger charge is 2.41. The van der Waals surface area contributed by atoms with Gasteiger partial charge in [-0.05, 0) is 93.1 Å². The molecule has 0 heterocycles. The summed E-state index contributed by atoms with van der Waals surface area (Å²) < 4.78 is 38.1. The first-order valence-corrected chi connectivity index (χ1v) is 12.5. The molecule has 30 heavy (non-hydrogen) atoms. The van der Waals surface area contributed by atoms with Crippen LogP contribution in [-0.2, 0) is 13.6 Å². The van der Waals surface area contributed by atoms with E-state index in [-0.39, 0.29) is 12.2 Å². The van der Waals surface area contributed by atoms with Gasteiger partial charge in [0.15, 0.2) is 5.78 Å². The summed E-state index contributed by atoms with van der Waals surface area (Å²) in [7, 11) is -0.495. The Bertz CT molecular complexity index is 889. The molecule has 1 atom stereocenters. The van der Waals surface area contributed by atoms with Crippen molar-refractivity contribution in [3.63, 3.8) is 0 Å². The third kappa shape index (κ3) is 6.36. The molecule has 0 aliphatic heterocycles. The number of ether oxygens (including phenoxy) is 2. The van der Waals surface area contributed by atoms with E-state index in [1.54, 1.807) is 20.3 Å². The molecule has 6 nitrogen and oxygen atoms in total. The van der Waals surface area contributed by atoms with Crippen LogP contribution in [0.2, 0.25) is 0 Å². The molecule has 2 aromatic carbocycles. The summed E-state index contributed by atoms with van der Waals surface area (Å²) in [5, 5.41) is 3.42. The molecule has 1 unspecified atom stereocenters. The number of nitrogens with one attached hydrogen (secondary N) is 1. The van der Waals surface area contributed by atoms with E-state index >= 15 is 0 Å². The summed E-state index contributed by atoms with van der Waals surface area (Å²) >= 11 is 2.27. The monoisotopic (exact) mass is 547 g/mol. The molecule has 0 bridgehead atoms. The lowest BCUT2D eigenvalue weighted by Gasteiger charge is -2.32. The number of hydrogen-bond acceptors (Lipinski definition) is 6. The van der Waals surface area contributed by atoms with E-state index in [4.69, 9.17) is 18.5 Å². The van der Waals surface area contributed by atoms with Crippen LogP contribution in [0, 0.1) is 10.5 Å². The zero-order chi connectivity index (χ0) is 22.5. The Morgan fingerprint density at radius 2 is 1.57 bits per heavy atom. The fourth-order valence-electron chi connectivity index (χ4n) is 3.04. The van der Waals surface area contributed by atoms with Gasteiger partial charge in [0.25, 0.3) is 0 Å². The lowest BCUT2D eigenvalue weighted by Crippen LogP contribution is -2.20. The van der Waals surface area contributed by atoms with Crippen LogP contribution < -0.4 is 14.8 Å². The highest BCUT2D eigenvalue weighted by atomic mass is 127. The van der Waals surface area contributed by atoms with Crippen LogP contribution in [0.1, 0.15) is 44.6 Å². The van der Waals surface area contributed by atoms with Gasteiger partial charge < -0.3 is 23.8 Å². The van der Waals surface area contributed by atoms with E-state index in [1.807, 2.05) is 58.9 Å². The van der Waals surface area contributed by atoms with Crippen molar-refractivity contribution in [2.75, 3.05) is 19.5 Å². The van der Waals surface area contributed by atoms with Crippen molar-refractivity contribution in [1.82, 2.24) is 0 Å². The van der Waals surface area contributed by atoms with E-state index in [0.717, 1.165) is 14.8 Å². The number of hydrogen-bond donors (Lipinski definition) is 1. The van der Waals surface area contributed by atoms with E-state index in [1.165, 1.54) is 0 Å². The van der Waals surface area contributed by atoms with Crippen molar-refractivity contribution >= 4 is 35.9 Å². The van der Waals surface area contributed by atoms with Gasteiger partial charge in [-0.1, -0.05) is 0 Å². The molecular formula is C22H31INO5P. The number of halogens is 1. The van der Waals surface area contributed by atoms with Crippen LogP contribution in [0.25, 0.3) is 0 Å². The summed E-state index contributed by atoms with van der Waals surface area (Å²) in [5.41, 5.74) is 2.54. The van der Waals surface area contributed by atoms with Gasteiger partial charge in [0.05, 0.1) is 26.4 Å². The van der Waals surface area contributed by atoms with Crippen molar-refractivity contribution in [3.8, 4) is 11.5 Å². The minimum atomic E-state index is -3.66. The van der Waals surface area contributed by atoms with Crippen LogP contribution in [0.15, 0.2) is 36.4 Å². The molecule has 0 fully saturated rings. The zero-order valence-corrected chi connectivity index (χ0v) is 21.6.